The molecule has 6 heteroatoms. The number of nitrogens with one attached hydrogen (secondary N) is 1. The van der Waals surface area contributed by atoms with Crippen LogP contribution in [0.1, 0.15) is 47.7 Å². The van der Waals surface area contributed by atoms with Crippen LogP contribution < -0.4 is 5.32 Å². The first-order chi connectivity index (χ1) is 11.5. The normalized spacial score (nSPS) is 17.0. The van der Waals surface area contributed by atoms with Gasteiger partial charge in [0.25, 0.3) is 0 Å². The number of carboxylic acids is 1. The summed E-state index contributed by atoms with van der Waals surface area (Å²) in [5, 5.41) is 17.3. The maximum atomic E-state index is 11.6. The van der Waals surface area contributed by atoms with Gasteiger partial charge in [-0.1, -0.05) is 19.9 Å². The van der Waals surface area contributed by atoms with Crippen molar-refractivity contribution in [1.29, 1.82) is 0 Å². The highest BCUT2D eigenvalue weighted by molar-refractivity contribution is 5.87. The van der Waals surface area contributed by atoms with Crippen molar-refractivity contribution in [1.82, 2.24) is 20.1 Å². The molecule has 1 unspecified atom stereocenters. The van der Waals surface area contributed by atoms with Gasteiger partial charge in [-0.25, -0.2) is 4.79 Å². The molecule has 0 fully saturated rings. The third-order valence-electron chi connectivity index (χ3n) is 4.39. The molecule has 1 aliphatic carbocycles. The zero-order valence-corrected chi connectivity index (χ0v) is 14.2. The number of carbonyl (C=O) groups is 1. The van der Waals surface area contributed by atoms with Gasteiger partial charge in [0.15, 0.2) is 5.69 Å². The second kappa shape index (κ2) is 7.13. The first-order valence-corrected chi connectivity index (χ1v) is 8.49. The molecule has 128 valence electrons. The lowest BCUT2D eigenvalue weighted by Gasteiger charge is -2.24. The molecule has 0 amide bonds. The van der Waals surface area contributed by atoms with Gasteiger partial charge in [-0.2, -0.15) is 5.10 Å². The second-order valence-electron chi connectivity index (χ2n) is 6.80. The Morgan fingerprint density at radius 2 is 2.29 bits per heavy atom. The molecule has 2 heterocycles. The Labute approximate surface area is 141 Å². The summed E-state index contributed by atoms with van der Waals surface area (Å²) in [5.74, 6) is -0.491. The highest BCUT2D eigenvalue weighted by Crippen LogP contribution is 2.26. The summed E-state index contributed by atoms with van der Waals surface area (Å²) < 4.78 is 1.90. The van der Waals surface area contributed by atoms with E-state index in [2.05, 4.69) is 29.2 Å². The SMILES string of the molecule is CC(C)Cn1nc(C(=O)O)c2c1CCC(NCc1ccccn1)C2. The number of hydrogen-bond donors (Lipinski definition) is 2. The molecule has 0 bridgehead atoms. The summed E-state index contributed by atoms with van der Waals surface area (Å²) in [6, 6.07) is 6.12. The predicted octanol–water partition coefficient (Wildman–Crippen LogP) is 2.28. The van der Waals surface area contributed by atoms with Crippen molar-refractivity contribution in [2.75, 3.05) is 0 Å². The van der Waals surface area contributed by atoms with Crippen molar-refractivity contribution in [3.05, 3.63) is 47.0 Å². The van der Waals surface area contributed by atoms with Crippen LogP contribution in [0.5, 0.6) is 0 Å². The molecule has 3 rings (SSSR count). The molecular weight excluding hydrogens is 304 g/mol. The summed E-state index contributed by atoms with van der Waals surface area (Å²) in [6.45, 7) is 5.70. The molecule has 1 aliphatic rings. The van der Waals surface area contributed by atoms with Crippen LogP contribution in [0.15, 0.2) is 24.4 Å². The molecular formula is C18H24N4O2. The van der Waals surface area contributed by atoms with Gasteiger partial charge >= 0.3 is 5.97 Å². The molecule has 2 aromatic heterocycles. The highest BCUT2D eigenvalue weighted by Gasteiger charge is 2.29. The van der Waals surface area contributed by atoms with E-state index in [1.165, 1.54) is 0 Å². The number of aromatic carboxylic acids is 1. The summed E-state index contributed by atoms with van der Waals surface area (Å²) in [6.07, 6.45) is 4.35. The van der Waals surface area contributed by atoms with Crippen LogP contribution in [-0.2, 0) is 25.9 Å². The number of hydrogen-bond acceptors (Lipinski definition) is 4. The van der Waals surface area contributed by atoms with E-state index < -0.39 is 5.97 Å². The van der Waals surface area contributed by atoms with Crippen molar-refractivity contribution < 1.29 is 9.90 Å². The Hall–Kier alpha value is -2.21. The van der Waals surface area contributed by atoms with Gasteiger partial charge in [0, 0.05) is 36.6 Å². The summed E-state index contributed by atoms with van der Waals surface area (Å²) in [4.78, 5) is 15.9. The fourth-order valence-corrected chi connectivity index (χ4v) is 3.28. The predicted molar refractivity (Wildman–Crippen MR) is 90.9 cm³/mol. The van der Waals surface area contributed by atoms with Crippen LogP contribution in [0.4, 0.5) is 0 Å². The molecule has 24 heavy (non-hydrogen) atoms. The Kier molecular flexibility index (Phi) is 4.94. The van der Waals surface area contributed by atoms with Crippen molar-refractivity contribution in [3.8, 4) is 0 Å². The van der Waals surface area contributed by atoms with Crippen LogP contribution in [0.25, 0.3) is 0 Å². The maximum Gasteiger partial charge on any atom is 0.356 e. The topological polar surface area (TPSA) is 80.0 Å². The quantitative estimate of drug-likeness (QED) is 0.850. The lowest BCUT2D eigenvalue weighted by molar-refractivity contribution is 0.0688. The van der Waals surface area contributed by atoms with E-state index in [9.17, 15) is 9.90 Å². The number of rotatable bonds is 6. The first kappa shape index (κ1) is 16.6. The maximum absolute atomic E-state index is 11.6. The number of pyridine rings is 1. The summed E-state index contributed by atoms with van der Waals surface area (Å²) >= 11 is 0. The zero-order valence-electron chi connectivity index (χ0n) is 14.2. The third-order valence-corrected chi connectivity index (χ3v) is 4.39. The Morgan fingerprint density at radius 1 is 1.46 bits per heavy atom. The van der Waals surface area contributed by atoms with E-state index in [1.54, 1.807) is 6.20 Å². The van der Waals surface area contributed by atoms with Gasteiger partial charge in [0.1, 0.15) is 0 Å². The molecule has 6 nitrogen and oxygen atoms in total. The minimum absolute atomic E-state index is 0.218. The third kappa shape index (κ3) is 3.64. The molecule has 2 aromatic rings. The Bertz CT molecular complexity index is 709. The number of fused-ring (bicyclic) bond motifs is 1. The highest BCUT2D eigenvalue weighted by atomic mass is 16.4. The lowest BCUT2D eigenvalue weighted by Crippen LogP contribution is -2.35. The van der Waals surface area contributed by atoms with Gasteiger partial charge in [-0.05, 0) is 37.3 Å². The number of carboxylic acid groups (broad SMARTS) is 1. The molecule has 0 saturated heterocycles. The van der Waals surface area contributed by atoms with Gasteiger partial charge in [0.05, 0.1) is 5.69 Å². The average Bonchev–Trinajstić information content (AvgIpc) is 2.91. The fourth-order valence-electron chi connectivity index (χ4n) is 3.28. The average molecular weight is 328 g/mol. The lowest BCUT2D eigenvalue weighted by atomic mass is 9.91. The molecule has 0 spiro atoms. The standard InChI is InChI=1S/C18H24N4O2/c1-12(2)11-22-16-7-6-13(9-15(16)17(21-22)18(23)24)20-10-14-5-3-4-8-19-14/h3-5,8,12-13,20H,6-7,9-11H2,1-2H3,(H,23,24). The van der Waals surface area contributed by atoms with E-state index >= 15 is 0 Å². The van der Waals surface area contributed by atoms with Crippen LogP contribution in [0.3, 0.4) is 0 Å². The molecule has 0 aromatic carbocycles. The van der Waals surface area contributed by atoms with Crippen molar-refractivity contribution >= 4 is 5.97 Å². The summed E-state index contributed by atoms with van der Waals surface area (Å²) in [5.41, 5.74) is 3.21. The van der Waals surface area contributed by atoms with Crippen LogP contribution in [0.2, 0.25) is 0 Å². The van der Waals surface area contributed by atoms with Crippen LogP contribution in [-0.4, -0.2) is 31.9 Å². The van der Waals surface area contributed by atoms with Crippen molar-refractivity contribution in [2.45, 2.75) is 52.2 Å². The second-order valence-corrected chi connectivity index (χ2v) is 6.80. The van der Waals surface area contributed by atoms with E-state index in [-0.39, 0.29) is 11.7 Å². The summed E-state index contributed by atoms with van der Waals surface area (Å²) in [7, 11) is 0. The minimum atomic E-state index is -0.931. The number of aromatic nitrogens is 3. The molecule has 0 saturated carbocycles. The number of nitrogens with zero attached hydrogens (tertiary/aromatic N) is 3. The fraction of sp³-hybridized carbons (Fsp3) is 0.500. The van der Waals surface area contributed by atoms with Crippen molar-refractivity contribution in [2.24, 2.45) is 5.92 Å². The first-order valence-electron chi connectivity index (χ1n) is 8.49. The van der Waals surface area contributed by atoms with E-state index in [0.717, 1.165) is 36.3 Å². The van der Waals surface area contributed by atoms with Gasteiger partial charge < -0.3 is 10.4 Å². The van der Waals surface area contributed by atoms with Crippen LogP contribution in [0, 0.1) is 5.92 Å². The van der Waals surface area contributed by atoms with E-state index in [4.69, 9.17) is 0 Å². The Morgan fingerprint density at radius 3 is 2.96 bits per heavy atom. The zero-order chi connectivity index (χ0) is 17.1. The molecule has 0 aliphatic heterocycles. The largest absolute Gasteiger partial charge is 0.476 e. The molecule has 0 radical (unpaired) electrons. The molecule has 1 atom stereocenters. The van der Waals surface area contributed by atoms with Gasteiger partial charge in [0.2, 0.25) is 0 Å². The van der Waals surface area contributed by atoms with E-state index in [0.29, 0.717) is 18.9 Å². The van der Waals surface area contributed by atoms with Gasteiger partial charge in [-0.3, -0.25) is 9.67 Å². The van der Waals surface area contributed by atoms with Gasteiger partial charge in [-0.15, -0.1) is 0 Å². The monoisotopic (exact) mass is 328 g/mol. The van der Waals surface area contributed by atoms with Crippen LogP contribution >= 0.6 is 0 Å². The minimum Gasteiger partial charge on any atom is -0.476 e. The smallest absolute Gasteiger partial charge is 0.356 e. The molecule has 2 N–H and O–H groups in total. The Balaban J connectivity index is 1.74. The van der Waals surface area contributed by atoms with E-state index in [1.807, 2.05) is 22.9 Å². The van der Waals surface area contributed by atoms with Crippen molar-refractivity contribution in [3.63, 3.8) is 0 Å².